The van der Waals surface area contributed by atoms with E-state index in [1.165, 1.54) is 6.54 Å². The van der Waals surface area contributed by atoms with Gasteiger partial charge in [0.1, 0.15) is 0 Å². The summed E-state index contributed by atoms with van der Waals surface area (Å²) in [4.78, 5) is 2.25. The molecule has 0 saturated heterocycles. The molecule has 2 nitrogen and oxygen atoms in total. The fraction of sp³-hybridized carbons (Fsp3) is 1.00. The topological polar surface area (TPSA) is 17.3 Å². The first-order valence-corrected chi connectivity index (χ1v) is 4.90. The molecule has 0 N–H and O–H groups in total. The summed E-state index contributed by atoms with van der Waals surface area (Å²) < 4.78 is 0. The van der Waals surface area contributed by atoms with Crippen LogP contribution in [0.25, 0.3) is 5.32 Å². The number of hydrogen-bond donors (Lipinski definition) is 0. The normalized spacial score (nSPS) is 10.7. The smallest absolute Gasteiger partial charge is 0.668 e. The summed E-state index contributed by atoms with van der Waals surface area (Å²) in [6.07, 6.45) is 0. The average molecular weight is 226 g/mol. The zero-order valence-electron chi connectivity index (χ0n) is 11.7. The van der Waals surface area contributed by atoms with Crippen LogP contribution in [0.5, 0.6) is 0 Å². The number of nitrogens with zero attached hydrogens (tertiary/aromatic N) is 2. The molecule has 0 aromatic rings. The number of rotatable bonds is 3. The predicted molar refractivity (Wildman–Crippen MR) is 62.4 cm³/mol. The largest absolute Gasteiger partial charge is 1.00 e. The summed E-state index contributed by atoms with van der Waals surface area (Å²) in [6, 6.07) is 0. The molecule has 0 heterocycles. The average Bonchev–Trinajstić information content (AvgIpc) is 1.85. The molecular weight excluding hydrogens is 199 g/mol. The molecule has 0 aromatic heterocycles. The van der Waals surface area contributed by atoms with Gasteiger partial charge in [-0.2, -0.15) is 14.1 Å². The van der Waals surface area contributed by atoms with Crippen molar-refractivity contribution in [1.29, 1.82) is 0 Å². The zero-order valence-corrected chi connectivity index (χ0v) is 14.8. The predicted octanol–water partition coefficient (Wildman–Crippen LogP) is -0.146. The maximum absolute atomic E-state index is 3.50. The summed E-state index contributed by atoms with van der Waals surface area (Å²) in [6.45, 7) is 10.4. The van der Waals surface area contributed by atoms with Crippen LogP contribution in [-0.2, 0) is 0 Å². The van der Waals surface area contributed by atoms with E-state index in [1.807, 2.05) is 0 Å². The van der Waals surface area contributed by atoms with Crippen LogP contribution < -0.4 is 51.4 Å². The summed E-state index contributed by atoms with van der Waals surface area (Å²) >= 11 is 0. The number of hydrogen-bond acceptors (Lipinski definition) is 1. The Labute approximate surface area is 134 Å². The van der Waals surface area contributed by atoms with Crippen LogP contribution in [0.2, 0.25) is 0 Å². The third kappa shape index (κ3) is 13.6. The maximum Gasteiger partial charge on any atom is 1.00 e. The van der Waals surface area contributed by atoms with Gasteiger partial charge in [0.25, 0.3) is 0 Å². The second kappa shape index (κ2) is 11.1. The minimum Gasteiger partial charge on any atom is -0.668 e. The molecule has 0 spiro atoms. The molecule has 0 amide bonds. The van der Waals surface area contributed by atoms with Gasteiger partial charge in [0.05, 0.1) is 0 Å². The molecule has 0 unspecified atom stereocenters. The van der Waals surface area contributed by atoms with Gasteiger partial charge >= 0.3 is 51.4 Å². The zero-order chi connectivity index (χ0) is 11.1. The molecule has 3 heteroatoms. The second-order valence-electron chi connectivity index (χ2n) is 4.83. The van der Waals surface area contributed by atoms with E-state index < -0.39 is 0 Å². The van der Waals surface area contributed by atoms with Crippen molar-refractivity contribution in [1.82, 2.24) is 4.90 Å². The Morgan fingerprint density at radius 3 is 1.50 bits per heavy atom. The van der Waals surface area contributed by atoms with Crippen LogP contribution in [0.1, 0.15) is 27.7 Å². The standard InChI is InChI=1S/C9H21N.C2H6N.K/c1-8(2)9(3,4)7-10(5)6;1-3-2;/h8H,7H2,1-6H3;1-2H3;/q;-1;+1. The van der Waals surface area contributed by atoms with Gasteiger partial charge in [-0.15, -0.1) is 0 Å². The van der Waals surface area contributed by atoms with Crippen LogP contribution in [0, 0.1) is 11.3 Å². The van der Waals surface area contributed by atoms with E-state index in [2.05, 4.69) is 52.0 Å². The maximum atomic E-state index is 3.50. The van der Waals surface area contributed by atoms with E-state index >= 15 is 0 Å². The molecule has 0 fully saturated rings. The van der Waals surface area contributed by atoms with Crippen molar-refractivity contribution in [3.8, 4) is 0 Å². The summed E-state index contributed by atoms with van der Waals surface area (Å²) in [7, 11) is 7.76. The molecule has 0 radical (unpaired) electrons. The van der Waals surface area contributed by atoms with E-state index in [9.17, 15) is 0 Å². The Balaban J connectivity index is -0.000000267. The Hall–Kier alpha value is 1.56. The molecule has 0 aliphatic carbocycles. The van der Waals surface area contributed by atoms with Gasteiger partial charge in [-0.25, -0.2) is 0 Å². The third-order valence-corrected chi connectivity index (χ3v) is 2.29. The molecule has 14 heavy (non-hydrogen) atoms. The van der Waals surface area contributed by atoms with E-state index in [-0.39, 0.29) is 51.4 Å². The fourth-order valence-electron chi connectivity index (χ4n) is 0.998. The van der Waals surface area contributed by atoms with Crippen molar-refractivity contribution in [2.24, 2.45) is 11.3 Å². The molecule has 82 valence electrons. The first-order valence-electron chi connectivity index (χ1n) is 4.90. The van der Waals surface area contributed by atoms with Gasteiger partial charge in [-0.05, 0) is 25.4 Å². The minimum absolute atomic E-state index is 0. The molecular formula is C11H27KN2. The second-order valence-corrected chi connectivity index (χ2v) is 4.83. The first kappa shape index (κ1) is 20.9. The van der Waals surface area contributed by atoms with Crippen molar-refractivity contribution in [3.05, 3.63) is 5.32 Å². The van der Waals surface area contributed by atoms with Crippen molar-refractivity contribution in [2.45, 2.75) is 27.7 Å². The van der Waals surface area contributed by atoms with Gasteiger partial charge in [0.2, 0.25) is 0 Å². The Morgan fingerprint density at radius 1 is 1.14 bits per heavy atom. The van der Waals surface area contributed by atoms with Gasteiger partial charge < -0.3 is 10.2 Å². The van der Waals surface area contributed by atoms with Gasteiger partial charge in [-0.1, -0.05) is 27.7 Å². The van der Waals surface area contributed by atoms with Crippen LogP contribution in [0.3, 0.4) is 0 Å². The Morgan fingerprint density at radius 2 is 1.43 bits per heavy atom. The van der Waals surface area contributed by atoms with E-state index in [1.54, 1.807) is 14.1 Å². The van der Waals surface area contributed by atoms with Crippen LogP contribution in [0.15, 0.2) is 0 Å². The summed E-state index contributed by atoms with van der Waals surface area (Å²) in [5, 5.41) is 3.50. The quantitative estimate of drug-likeness (QED) is 0.612. The Bertz CT molecular complexity index is 112. The van der Waals surface area contributed by atoms with E-state index in [0.29, 0.717) is 5.41 Å². The first-order chi connectivity index (χ1) is 5.77. The van der Waals surface area contributed by atoms with E-state index in [4.69, 9.17) is 0 Å². The van der Waals surface area contributed by atoms with Crippen LogP contribution >= 0.6 is 0 Å². The molecule has 0 bridgehead atoms. The minimum atomic E-state index is 0. The van der Waals surface area contributed by atoms with Crippen LogP contribution in [0.4, 0.5) is 0 Å². The van der Waals surface area contributed by atoms with Crippen molar-refractivity contribution < 1.29 is 51.4 Å². The third-order valence-electron chi connectivity index (χ3n) is 2.29. The Kier molecular flexibility index (Phi) is 16.5. The molecule has 0 aliphatic rings. The summed E-state index contributed by atoms with van der Waals surface area (Å²) in [5.74, 6) is 0.759. The van der Waals surface area contributed by atoms with Gasteiger partial charge in [-0.3, -0.25) is 0 Å². The molecule has 0 saturated carbocycles. The molecule has 0 atom stereocenters. The van der Waals surface area contributed by atoms with Gasteiger partial charge in [0.15, 0.2) is 0 Å². The van der Waals surface area contributed by atoms with Gasteiger partial charge in [0, 0.05) is 6.54 Å². The van der Waals surface area contributed by atoms with Crippen molar-refractivity contribution >= 4 is 0 Å². The fourth-order valence-corrected chi connectivity index (χ4v) is 0.998. The van der Waals surface area contributed by atoms with Crippen molar-refractivity contribution in [3.63, 3.8) is 0 Å². The summed E-state index contributed by atoms with van der Waals surface area (Å²) in [5.41, 5.74) is 0.448. The van der Waals surface area contributed by atoms with E-state index in [0.717, 1.165) is 5.92 Å². The monoisotopic (exact) mass is 226 g/mol. The molecule has 0 aromatic carbocycles. The SMILES string of the molecule is CC(C)C(C)(C)CN(C)C.C[N-]C.[K+]. The molecule has 0 rings (SSSR count). The molecule has 0 aliphatic heterocycles. The van der Waals surface area contributed by atoms with Crippen molar-refractivity contribution in [2.75, 3.05) is 34.7 Å². The van der Waals surface area contributed by atoms with Crippen LogP contribution in [-0.4, -0.2) is 39.6 Å².